The number of nitrogens with one attached hydrogen (secondary N) is 1. The molecule has 26 heavy (non-hydrogen) atoms. The summed E-state index contributed by atoms with van der Waals surface area (Å²) in [6.45, 7) is 2.26. The number of para-hydroxylation sites is 2. The smallest absolute Gasteiger partial charge is 0.311 e. The molecule has 7 heteroatoms. The van der Waals surface area contributed by atoms with Gasteiger partial charge in [0.2, 0.25) is 0 Å². The number of carboxylic acids is 1. The number of likely N-dealkylation sites (tertiary alicyclic amines) is 1. The maximum absolute atomic E-state index is 12.9. The predicted molar refractivity (Wildman–Crippen MR) is 96.8 cm³/mol. The molecule has 0 radical (unpaired) electrons. The van der Waals surface area contributed by atoms with Crippen molar-refractivity contribution in [1.82, 2.24) is 9.88 Å². The lowest BCUT2D eigenvalue weighted by Gasteiger charge is -2.21. The molecule has 1 atom stereocenters. The van der Waals surface area contributed by atoms with Crippen LogP contribution in [-0.2, 0) is 4.79 Å². The van der Waals surface area contributed by atoms with Crippen LogP contribution < -0.4 is 10.1 Å². The second kappa shape index (κ2) is 7.03. The quantitative estimate of drug-likeness (QED) is 0.857. The third-order valence-electron chi connectivity index (χ3n) is 4.68. The number of rotatable bonds is 5. The van der Waals surface area contributed by atoms with E-state index in [1.165, 1.54) is 0 Å². The summed E-state index contributed by atoms with van der Waals surface area (Å²) in [5.74, 6) is -0.0751. The van der Waals surface area contributed by atoms with Gasteiger partial charge in [-0.3, -0.25) is 9.59 Å². The summed E-state index contributed by atoms with van der Waals surface area (Å²) in [6.07, 6.45) is 2.03. The number of amides is 1. The maximum atomic E-state index is 12.9. The Labute approximate surface area is 151 Å². The number of carboxylic acid groups (broad SMARTS) is 1. The van der Waals surface area contributed by atoms with Crippen LogP contribution in [-0.4, -0.2) is 47.1 Å². The number of benzene rings is 1. The number of aromatic nitrogens is 1. The number of methoxy groups -OCH3 is 1. The van der Waals surface area contributed by atoms with Crippen molar-refractivity contribution >= 4 is 23.4 Å². The molecule has 1 saturated heterocycles. The third-order valence-corrected chi connectivity index (χ3v) is 4.68. The highest BCUT2D eigenvalue weighted by Gasteiger charge is 2.42. The van der Waals surface area contributed by atoms with E-state index in [4.69, 9.17) is 4.74 Å². The molecule has 136 valence electrons. The Hall–Kier alpha value is -3.09. The first-order valence-corrected chi connectivity index (χ1v) is 8.32. The van der Waals surface area contributed by atoms with Crippen molar-refractivity contribution in [3.8, 4) is 5.75 Å². The highest BCUT2D eigenvalue weighted by atomic mass is 16.5. The van der Waals surface area contributed by atoms with E-state index >= 15 is 0 Å². The molecule has 3 rings (SSSR count). The maximum Gasteiger partial charge on any atom is 0.311 e. The normalized spacial score (nSPS) is 19.2. The van der Waals surface area contributed by atoms with Crippen LogP contribution in [0.3, 0.4) is 0 Å². The molecule has 1 unspecified atom stereocenters. The summed E-state index contributed by atoms with van der Waals surface area (Å²) in [5, 5.41) is 12.5. The van der Waals surface area contributed by atoms with Crippen molar-refractivity contribution in [2.45, 2.75) is 13.3 Å². The average molecular weight is 355 g/mol. The van der Waals surface area contributed by atoms with Crippen molar-refractivity contribution in [2.24, 2.45) is 5.41 Å². The number of nitrogens with zero attached hydrogens (tertiary/aromatic N) is 2. The standard InChI is InChI=1S/C19H21N3O4/c1-19(18(24)25)9-11-22(12-19)17(23)13-6-5-10-20-16(13)21-14-7-3-4-8-15(14)26-2/h3-8,10H,9,11-12H2,1-2H3,(H,20,21)(H,24,25). The molecular formula is C19H21N3O4. The molecule has 2 N–H and O–H groups in total. The van der Waals surface area contributed by atoms with Gasteiger partial charge in [0.05, 0.1) is 23.8 Å². The molecule has 0 bridgehead atoms. The van der Waals surface area contributed by atoms with Crippen LogP contribution in [0.2, 0.25) is 0 Å². The fourth-order valence-electron chi connectivity index (χ4n) is 3.03. The van der Waals surface area contributed by atoms with Gasteiger partial charge in [0.25, 0.3) is 5.91 Å². The van der Waals surface area contributed by atoms with Crippen LogP contribution in [0, 0.1) is 5.41 Å². The van der Waals surface area contributed by atoms with E-state index < -0.39 is 11.4 Å². The van der Waals surface area contributed by atoms with E-state index in [9.17, 15) is 14.7 Å². The molecule has 2 aromatic rings. The molecule has 0 spiro atoms. The summed E-state index contributed by atoms with van der Waals surface area (Å²) >= 11 is 0. The number of hydrogen-bond donors (Lipinski definition) is 2. The first-order chi connectivity index (χ1) is 12.4. The number of ether oxygens (including phenoxy) is 1. The highest BCUT2D eigenvalue weighted by Crippen LogP contribution is 2.33. The molecule has 2 heterocycles. The van der Waals surface area contributed by atoms with Gasteiger partial charge >= 0.3 is 5.97 Å². The van der Waals surface area contributed by atoms with E-state index in [1.807, 2.05) is 24.3 Å². The minimum Gasteiger partial charge on any atom is -0.495 e. The van der Waals surface area contributed by atoms with E-state index in [0.717, 1.165) is 0 Å². The zero-order chi connectivity index (χ0) is 18.7. The molecule has 0 saturated carbocycles. The Morgan fingerprint density at radius 2 is 2.04 bits per heavy atom. The number of hydrogen-bond acceptors (Lipinski definition) is 5. The Morgan fingerprint density at radius 3 is 2.73 bits per heavy atom. The van der Waals surface area contributed by atoms with Gasteiger partial charge in [0.15, 0.2) is 0 Å². The summed E-state index contributed by atoms with van der Waals surface area (Å²) < 4.78 is 5.32. The van der Waals surface area contributed by atoms with Crippen molar-refractivity contribution in [3.63, 3.8) is 0 Å². The third kappa shape index (κ3) is 3.33. The van der Waals surface area contributed by atoms with Gasteiger partial charge in [0, 0.05) is 19.3 Å². The average Bonchev–Trinajstić information content (AvgIpc) is 3.06. The SMILES string of the molecule is COc1ccccc1Nc1ncccc1C(=O)N1CCC(C)(C(=O)O)C1. The van der Waals surface area contributed by atoms with E-state index in [-0.39, 0.29) is 12.5 Å². The number of anilines is 2. The van der Waals surface area contributed by atoms with Gasteiger partial charge in [0.1, 0.15) is 11.6 Å². The Kier molecular flexibility index (Phi) is 4.79. The Balaban J connectivity index is 1.86. The largest absolute Gasteiger partial charge is 0.495 e. The molecule has 1 aliphatic rings. The van der Waals surface area contributed by atoms with E-state index in [1.54, 1.807) is 37.3 Å². The summed E-state index contributed by atoms with van der Waals surface area (Å²) in [7, 11) is 1.57. The van der Waals surface area contributed by atoms with Crippen molar-refractivity contribution < 1.29 is 19.4 Å². The summed E-state index contributed by atoms with van der Waals surface area (Å²) in [5.41, 5.74) is 0.182. The predicted octanol–water partition coefficient (Wildman–Crippen LogP) is 2.77. The van der Waals surface area contributed by atoms with Crippen molar-refractivity contribution in [1.29, 1.82) is 0 Å². The van der Waals surface area contributed by atoms with Gasteiger partial charge in [-0.2, -0.15) is 0 Å². The first kappa shape index (κ1) is 17.7. The zero-order valence-electron chi connectivity index (χ0n) is 14.7. The van der Waals surface area contributed by atoms with Gasteiger partial charge < -0.3 is 20.1 Å². The van der Waals surface area contributed by atoms with E-state index in [2.05, 4.69) is 10.3 Å². The molecule has 1 amide bonds. The Bertz CT molecular complexity index is 839. The second-order valence-electron chi connectivity index (χ2n) is 6.57. The molecule has 1 aromatic carbocycles. The molecule has 0 aliphatic carbocycles. The van der Waals surface area contributed by atoms with Crippen LogP contribution in [0.15, 0.2) is 42.6 Å². The van der Waals surface area contributed by atoms with Crippen LogP contribution in [0.4, 0.5) is 11.5 Å². The fraction of sp³-hybridized carbons (Fsp3) is 0.316. The Morgan fingerprint density at radius 1 is 1.27 bits per heavy atom. The summed E-state index contributed by atoms with van der Waals surface area (Å²) in [6, 6.07) is 10.7. The lowest BCUT2D eigenvalue weighted by atomic mass is 9.90. The van der Waals surface area contributed by atoms with Crippen molar-refractivity contribution in [3.05, 3.63) is 48.2 Å². The lowest BCUT2D eigenvalue weighted by Crippen LogP contribution is -2.35. The van der Waals surface area contributed by atoms with Gasteiger partial charge in [-0.25, -0.2) is 4.98 Å². The first-order valence-electron chi connectivity index (χ1n) is 8.32. The molecular weight excluding hydrogens is 334 g/mol. The second-order valence-corrected chi connectivity index (χ2v) is 6.57. The van der Waals surface area contributed by atoms with Crippen molar-refractivity contribution in [2.75, 3.05) is 25.5 Å². The fourth-order valence-corrected chi connectivity index (χ4v) is 3.03. The zero-order valence-corrected chi connectivity index (χ0v) is 14.7. The number of aliphatic carboxylic acids is 1. The van der Waals surface area contributed by atoms with Crippen LogP contribution in [0.25, 0.3) is 0 Å². The topological polar surface area (TPSA) is 91.8 Å². The lowest BCUT2D eigenvalue weighted by molar-refractivity contribution is -0.147. The minimum atomic E-state index is -0.909. The van der Waals surface area contributed by atoms with Gasteiger partial charge in [-0.1, -0.05) is 12.1 Å². The number of carbonyl (C=O) groups is 2. The van der Waals surface area contributed by atoms with Crippen LogP contribution in [0.5, 0.6) is 5.75 Å². The number of pyridine rings is 1. The van der Waals surface area contributed by atoms with Gasteiger partial charge in [-0.15, -0.1) is 0 Å². The molecule has 7 nitrogen and oxygen atoms in total. The summed E-state index contributed by atoms with van der Waals surface area (Å²) in [4.78, 5) is 30.2. The van der Waals surface area contributed by atoms with Gasteiger partial charge in [-0.05, 0) is 37.6 Å². The molecule has 1 aliphatic heterocycles. The number of carbonyl (C=O) groups excluding carboxylic acids is 1. The minimum absolute atomic E-state index is 0.185. The molecule has 1 aromatic heterocycles. The molecule has 1 fully saturated rings. The van der Waals surface area contributed by atoms with Crippen LogP contribution in [0.1, 0.15) is 23.7 Å². The monoisotopic (exact) mass is 355 g/mol. The van der Waals surface area contributed by atoms with Crippen LogP contribution >= 0.6 is 0 Å². The highest BCUT2D eigenvalue weighted by molar-refractivity contribution is 6.00. The van der Waals surface area contributed by atoms with E-state index in [0.29, 0.717) is 35.8 Å².